The third kappa shape index (κ3) is 3.22. The quantitative estimate of drug-likeness (QED) is 0.434. The SMILES string of the molecule is N#Cc1cc(Nc2ccccc2OC=O)cc(-[n+]2coc3ccccc32)c1. The topological polar surface area (TPSA) is 79.1 Å². The molecule has 0 radical (unpaired) electrons. The van der Waals surface area contributed by atoms with E-state index in [4.69, 9.17) is 9.15 Å². The van der Waals surface area contributed by atoms with E-state index in [1.807, 2.05) is 41.0 Å². The fraction of sp³-hybridized carbons (Fsp3) is 0. The molecule has 4 rings (SSSR count). The summed E-state index contributed by atoms with van der Waals surface area (Å²) in [6, 6.07) is 22.3. The number of carbonyl (C=O) groups excluding carboxylic acids is 1. The Balaban J connectivity index is 1.78. The zero-order chi connectivity index (χ0) is 18.6. The van der Waals surface area contributed by atoms with Crippen LogP contribution in [0.4, 0.5) is 11.4 Å². The molecule has 0 atom stereocenters. The first-order valence-electron chi connectivity index (χ1n) is 8.18. The Labute approximate surface area is 154 Å². The molecule has 3 aromatic carbocycles. The van der Waals surface area contributed by atoms with Gasteiger partial charge in [-0.25, -0.2) is 0 Å². The van der Waals surface area contributed by atoms with Gasteiger partial charge in [-0.15, -0.1) is 4.57 Å². The molecule has 0 bridgehead atoms. The minimum absolute atomic E-state index is 0.380. The van der Waals surface area contributed by atoms with Crippen LogP contribution in [-0.4, -0.2) is 6.47 Å². The molecule has 0 aliphatic heterocycles. The van der Waals surface area contributed by atoms with Gasteiger partial charge in [0.1, 0.15) is 0 Å². The van der Waals surface area contributed by atoms with Crippen molar-refractivity contribution in [2.45, 2.75) is 0 Å². The minimum Gasteiger partial charge on any atom is -0.427 e. The number of para-hydroxylation sites is 4. The van der Waals surface area contributed by atoms with Gasteiger partial charge in [0.2, 0.25) is 11.3 Å². The monoisotopic (exact) mass is 356 g/mol. The van der Waals surface area contributed by atoms with Crippen molar-refractivity contribution in [1.82, 2.24) is 0 Å². The molecule has 0 amide bonds. The second-order valence-electron chi connectivity index (χ2n) is 5.78. The lowest BCUT2D eigenvalue weighted by molar-refractivity contribution is -0.573. The van der Waals surface area contributed by atoms with Crippen molar-refractivity contribution >= 4 is 28.9 Å². The van der Waals surface area contributed by atoms with Gasteiger partial charge in [-0.3, -0.25) is 4.79 Å². The van der Waals surface area contributed by atoms with Gasteiger partial charge in [0.25, 0.3) is 12.0 Å². The third-order valence-electron chi connectivity index (χ3n) is 4.08. The van der Waals surface area contributed by atoms with Crippen LogP contribution in [0.5, 0.6) is 5.75 Å². The first kappa shape index (κ1) is 16.4. The number of hydrogen-bond donors (Lipinski definition) is 1. The van der Waals surface area contributed by atoms with E-state index in [0.29, 0.717) is 29.2 Å². The average molecular weight is 356 g/mol. The van der Waals surface area contributed by atoms with Gasteiger partial charge in [0.15, 0.2) is 5.75 Å². The van der Waals surface area contributed by atoms with E-state index in [9.17, 15) is 10.1 Å². The highest BCUT2D eigenvalue weighted by molar-refractivity contribution is 5.71. The first-order valence-corrected chi connectivity index (χ1v) is 8.18. The molecule has 0 saturated heterocycles. The second kappa shape index (κ2) is 7.02. The average Bonchev–Trinajstić information content (AvgIpc) is 3.13. The van der Waals surface area contributed by atoms with Crippen molar-refractivity contribution in [3.05, 3.63) is 78.7 Å². The molecule has 130 valence electrons. The van der Waals surface area contributed by atoms with E-state index in [0.717, 1.165) is 16.8 Å². The van der Waals surface area contributed by atoms with Crippen LogP contribution >= 0.6 is 0 Å². The van der Waals surface area contributed by atoms with Crippen LogP contribution in [0.1, 0.15) is 5.56 Å². The molecule has 0 aliphatic carbocycles. The van der Waals surface area contributed by atoms with Crippen molar-refractivity contribution < 1.29 is 18.5 Å². The summed E-state index contributed by atoms with van der Waals surface area (Å²) in [5, 5.41) is 12.6. The lowest BCUT2D eigenvalue weighted by Crippen LogP contribution is -2.28. The van der Waals surface area contributed by atoms with Gasteiger partial charge in [0.05, 0.1) is 17.3 Å². The number of fused-ring (bicyclic) bond motifs is 1. The molecule has 1 aromatic heterocycles. The van der Waals surface area contributed by atoms with Gasteiger partial charge >= 0.3 is 6.39 Å². The molecule has 6 heteroatoms. The number of hydrogen-bond acceptors (Lipinski definition) is 5. The molecular formula is C21H14N3O3+. The van der Waals surface area contributed by atoms with Gasteiger partial charge < -0.3 is 14.5 Å². The molecule has 0 fully saturated rings. The Hall–Kier alpha value is -4.11. The lowest BCUT2D eigenvalue weighted by atomic mass is 10.1. The van der Waals surface area contributed by atoms with E-state index in [2.05, 4.69) is 11.4 Å². The molecule has 4 aromatic rings. The van der Waals surface area contributed by atoms with Crippen LogP contribution in [0.15, 0.2) is 77.5 Å². The molecule has 0 saturated carbocycles. The van der Waals surface area contributed by atoms with Crippen molar-refractivity contribution in [3.63, 3.8) is 0 Å². The Morgan fingerprint density at radius 2 is 1.89 bits per heavy atom. The molecular weight excluding hydrogens is 342 g/mol. The summed E-state index contributed by atoms with van der Waals surface area (Å²) in [4.78, 5) is 10.7. The number of nitrogens with zero attached hydrogens (tertiary/aromatic N) is 2. The molecule has 6 nitrogen and oxygen atoms in total. The van der Waals surface area contributed by atoms with E-state index < -0.39 is 0 Å². The Morgan fingerprint density at radius 1 is 1.07 bits per heavy atom. The smallest absolute Gasteiger partial charge is 0.341 e. The van der Waals surface area contributed by atoms with Gasteiger partial charge in [0, 0.05) is 23.9 Å². The van der Waals surface area contributed by atoms with Gasteiger partial charge in [-0.05, 0) is 24.3 Å². The number of ether oxygens (including phenoxy) is 1. The maximum Gasteiger partial charge on any atom is 0.341 e. The highest BCUT2D eigenvalue weighted by atomic mass is 16.5. The van der Waals surface area contributed by atoms with E-state index in [1.165, 1.54) is 0 Å². The number of nitriles is 1. The van der Waals surface area contributed by atoms with Crippen molar-refractivity contribution in [2.24, 2.45) is 0 Å². The predicted octanol–water partition coefficient (Wildman–Crippen LogP) is 3.86. The number of anilines is 2. The van der Waals surface area contributed by atoms with Crippen LogP contribution < -0.4 is 14.6 Å². The summed E-state index contributed by atoms with van der Waals surface area (Å²) >= 11 is 0. The van der Waals surface area contributed by atoms with Gasteiger partial charge in [-0.1, -0.05) is 24.3 Å². The van der Waals surface area contributed by atoms with Crippen LogP contribution in [0.3, 0.4) is 0 Å². The first-order chi connectivity index (χ1) is 13.3. The summed E-state index contributed by atoms with van der Waals surface area (Å²) < 4.78 is 12.5. The van der Waals surface area contributed by atoms with Gasteiger partial charge in [-0.2, -0.15) is 5.26 Å². The largest absolute Gasteiger partial charge is 0.427 e. The van der Waals surface area contributed by atoms with E-state index in [1.54, 1.807) is 36.7 Å². The number of oxazole rings is 1. The molecule has 0 unspecified atom stereocenters. The number of nitrogens with one attached hydrogen (secondary N) is 1. The maximum absolute atomic E-state index is 10.7. The molecule has 27 heavy (non-hydrogen) atoms. The fourth-order valence-corrected chi connectivity index (χ4v) is 2.89. The number of carbonyl (C=O) groups is 1. The number of rotatable bonds is 5. The predicted molar refractivity (Wildman–Crippen MR) is 98.9 cm³/mol. The van der Waals surface area contributed by atoms with E-state index >= 15 is 0 Å². The van der Waals surface area contributed by atoms with Crippen LogP contribution in [0.25, 0.3) is 16.8 Å². The van der Waals surface area contributed by atoms with Crippen molar-refractivity contribution in [2.75, 3.05) is 5.32 Å². The summed E-state index contributed by atoms with van der Waals surface area (Å²) in [6.45, 7) is 0.380. The molecule has 1 N–H and O–H groups in total. The van der Waals surface area contributed by atoms with Crippen molar-refractivity contribution in [1.29, 1.82) is 5.26 Å². The Morgan fingerprint density at radius 3 is 2.74 bits per heavy atom. The standard InChI is InChI=1S/C21H14N3O3/c22-12-15-9-16(23-18-5-1-3-7-20(18)27-14-25)11-17(10-15)24-13-26-21-8-4-2-6-19(21)24/h1-11,13-14,23H/q+1. The Bertz CT molecular complexity index is 1170. The number of aromatic nitrogens is 1. The Kier molecular flexibility index (Phi) is 4.25. The maximum atomic E-state index is 10.7. The molecule has 1 heterocycles. The summed E-state index contributed by atoms with van der Waals surface area (Å²) in [5.41, 5.74) is 4.20. The third-order valence-corrected chi connectivity index (χ3v) is 4.08. The van der Waals surface area contributed by atoms with Crippen LogP contribution in [0.2, 0.25) is 0 Å². The fourth-order valence-electron chi connectivity index (χ4n) is 2.89. The summed E-state index contributed by atoms with van der Waals surface area (Å²) in [7, 11) is 0. The normalized spacial score (nSPS) is 10.3. The minimum atomic E-state index is 0.380. The second-order valence-corrected chi connectivity index (χ2v) is 5.78. The lowest BCUT2D eigenvalue weighted by Gasteiger charge is -2.10. The zero-order valence-electron chi connectivity index (χ0n) is 14.1. The summed E-state index contributed by atoms with van der Waals surface area (Å²) in [5.74, 6) is 0.401. The van der Waals surface area contributed by atoms with Crippen molar-refractivity contribution in [3.8, 4) is 17.5 Å². The van der Waals surface area contributed by atoms with Crippen LogP contribution in [-0.2, 0) is 4.79 Å². The van der Waals surface area contributed by atoms with Crippen LogP contribution in [0, 0.1) is 11.3 Å². The number of benzene rings is 3. The highest BCUT2D eigenvalue weighted by Gasteiger charge is 2.18. The molecule has 0 spiro atoms. The zero-order valence-corrected chi connectivity index (χ0v) is 14.1. The highest BCUT2D eigenvalue weighted by Crippen LogP contribution is 2.28. The van der Waals surface area contributed by atoms with E-state index in [-0.39, 0.29) is 0 Å². The molecule has 0 aliphatic rings. The summed E-state index contributed by atoms with van der Waals surface area (Å²) in [6.07, 6.45) is 1.61.